The number of nitrogens with one attached hydrogen (secondary N) is 1. The van der Waals surface area contributed by atoms with Crippen LogP contribution in [0.2, 0.25) is 0 Å². The number of aromatic nitrogens is 1. The molecule has 1 atom stereocenters. The lowest BCUT2D eigenvalue weighted by Gasteiger charge is -2.25. The Morgan fingerprint density at radius 3 is 2.88 bits per heavy atom. The molecule has 0 bridgehead atoms. The first kappa shape index (κ1) is 12.6. The highest BCUT2D eigenvalue weighted by molar-refractivity contribution is 7.89. The standard InChI is InChI=1S/C11H18N2O3S/c1-9(11-5-7-16-12-11)13-17(14,15)8-6-10-3-2-4-10/h5,7,9-10,13H,2-4,6,8H2,1H3. The highest BCUT2D eigenvalue weighted by Gasteiger charge is 2.22. The second kappa shape index (κ2) is 5.18. The van der Waals surface area contributed by atoms with Gasteiger partial charge in [-0.05, 0) is 19.3 Å². The van der Waals surface area contributed by atoms with E-state index >= 15 is 0 Å². The van der Waals surface area contributed by atoms with E-state index in [9.17, 15) is 8.42 Å². The maximum absolute atomic E-state index is 11.8. The van der Waals surface area contributed by atoms with Gasteiger partial charge in [-0.25, -0.2) is 13.1 Å². The highest BCUT2D eigenvalue weighted by Crippen LogP contribution is 2.29. The molecule has 1 unspecified atom stereocenters. The molecule has 2 rings (SSSR count). The van der Waals surface area contributed by atoms with Crippen molar-refractivity contribution < 1.29 is 12.9 Å². The number of rotatable bonds is 6. The monoisotopic (exact) mass is 258 g/mol. The average Bonchev–Trinajstić information content (AvgIpc) is 2.66. The van der Waals surface area contributed by atoms with E-state index in [1.807, 2.05) is 0 Å². The van der Waals surface area contributed by atoms with Crippen molar-refractivity contribution in [1.29, 1.82) is 0 Å². The van der Waals surface area contributed by atoms with Crippen molar-refractivity contribution in [3.63, 3.8) is 0 Å². The lowest BCUT2D eigenvalue weighted by molar-refractivity contribution is 0.307. The molecule has 6 heteroatoms. The Balaban J connectivity index is 1.83. The van der Waals surface area contributed by atoms with E-state index in [2.05, 4.69) is 9.88 Å². The van der Waals surface area contributed by atoms with Crippen molar-refractivity contribution in [2.24, 2.45) is 5.92 Å². The zero-order valence-corrected chi connectivity index (χ0v) is 10.7. The molecule has 0 saturated heterocycles. The summed E-state index contributed by atoms with van der Waals surface area (Å²) in [6.07, 6.45) is 5.80. The van der Waals surface area contributed by atoms with Gasteiger partial charge in [0.15, 0.2) is 0 Å². The first-order valence-electron chi connectivity index (χ1n) is 5.97. The Kier molecular flexibility index (Phi) is 3.83. The van der Waals surface area contributed by atoms with Crippen molar-refractivity contribution in [1.82, 2.24) is 9.88 Å². The van der Waals surface area contributed by atoms with Gasteiger partial charge in [-0.3, -0.25) is 0 Å². The third-order valence-corrected chi connectivity index (χ3v) is 4.76. The van der Waals surface area contributed by atoms with Crippen LogP contribution < -0.4 is 4.72 Å². The Bertz CT molecular complexity index is 437. The molecule has 0 aliphatic heterocycles. The Morgan fingerprint density at radius 1 is 1.59 bits per heavy atom. The first-order chi connectivity index (χ1) is 8.07. The Labute approximate surface area is 102 Å². The van der Waals surface area contributed by atoms with Crippen LogP contribution in [0.5, 0.6) is 0 Å². The molecule has 1 aliphatic carbocycles. The molecule has 1 saturated carbocycles. The fourth-order valence-corrected chi connectivity index (χ4v) is 3.36. The first-order valence-corrected chi connectivity index (χ1v) is 7.62. The van der Waals surface area contributed by atoms with Gasteiger partial charge >= 0.3 is 0 Å². The van der Waals surface area contributed by atoms with E-state index in [1.54, 1.807) is 13.0 Å². The lowest BCUT2D eigenvalue weighted by atomic mass is 9.84. The number of hydrogen-bond acceptors (Lipinski definition) is 4. The molecule has 1 aromatic heterocycles. The fraction of sp³-hybridized carbons (Fsp3) is 0.727. The van der Waals surface area contributed by atoms with Gasteiger partial charge in [0.1, 0.15) is 12.0 Å². The van der Waals surface area contributed by atoms with E-state index < -0.39 is 10.0 Å². The predicted molar refractivity (Wildman–Crippen MR) is 63.8 cm³/mol. The van der Waals surface area contributed by atoms with Crippen LogP contribution in [0.1, 0.15) is 44.3 Å². The number of hydrogen-bond donors (Lipinski definition) is 1. The summed E-state index contributed by atoms with van der Waals surface area (Å²) in [6.45, 7) is 1.76. The second-order valence-corrected chi connectivity index (χ2v) is 6.54. The summed E-state index contributed by atoms with van der Waals surface area (Å²) in [7, 11) is -3.21. The van der Waals surface area contributed by atoms with E-state index in [1.165, 1.54) is 25.5 Å². The van der Waals surface area contributed by atoms with Crippen LogP contribution in [0.25, 0.3) is 0 Å². The summed E-state index contributed by atoms with van der Waals surface area (Å²) < 4.78 is 30.9. The van der Waals surface area contributed by atoms with Gasteiger partial charge in [0.2, 0.25) is 10.0 Å². The average molecular weight is 258 g/mol. The fourth-order valence-electron chi connectivity index (χ4n) is 1.94. The van der Waals surface area contributed by atoms with Crippen LogP contribution in [0.3, 0.4) is 0 Å². The molecule has 17 heavy (non-hydrogen) atoms. The van der Waals surface area contributed by atoms with Gasteiger partial charge in [-0.2, -0.15) is 0 Å². The zero-order valence-electron chi connectivity index (χ0n) is 9.93. The smallest absolute Gasteiger partial charge is 0.212 e. The minimum absolute atomic E-state index is 0.208. The predicted octanol–water partition coefficient (Wildman–Crippen LogP) is 1.85. The maximum Gasteiger partial charge on any atom is 0.212 e. The molecule has 1 aromatic rings. The molecule has 0 radical (unpaired) electrons. The largest absolute Gasteiger partial charge is 0.364 e. The molecule has 1 aliphatic rings. The molecular formula is C11H18N2O3S. The number of sulfonamides is 1. The summed E-state index contributed by atoms with van der Waals surface area (Å²) in [5, 5.41) is 3.72. The topological polar surface area (TPSA) is 72.2 Å². The molecule has 0 spiro atoms. The SMILES string of the molecule is CC(NS(=O)(=O)CCC1CCC1)c1ccon1. The lowest BCUT2D eigenvalue weighted by Crippen LogP contribution is -2.30. The minimum atomic E-state index is -3.21. The van der Waals surface area contributed by atoms with Crippen LogP contribution in [0.4, 0.5) is 0 Å². The second-order valence-electron chi connectivity index (χ2n) is 4.67. The van der Waals surface area contributed by atoms with Crippen LogP contribution in [-0.2, 0) is 10.0 Å². The van der Waals surface area contributed by atoms with Crippen molar-refractivity contribution in [2.45, 2.75) is 38.6 Å². The van der Waals surface area contributed by atoms with Gasteiger partial charge in [0.05, 0.1) is 11.8 Å². The van der Waals surface area contributed by atoms with Crippen molar-refractivity contribution in [2.75, 3.05) is 5.75 Å². The van der Waals surface area contributed by atoms with E-state index in [0.29, 0.717) is 11.6 Å². The van der Waals surface area contributed by atoms with Gasteiger partial charge in [0.25, 0.3) is 0 Å². The van der Waals surface area contributed by atoms with Gasteiger partial charge in [0, 0.05) is 6.07 Å². The third kappa shape index (κ3) is 3.54. The molecule has 0 amide bonds. The number of nitrogens with zero attached hydrogens (tertiary/aromatic N) is 1. The van der Waals surface area contributed by atoms with Crippen LogP contribution in [-0.4, -0.2) is 19.3 Å². The van der Waals surface area contributed by atoms with Crippen molar-refractivity contribution in [3.05, 3.63) is 18.0 Å². The van der Waals surface area contributed by atoms with Crippen molar-refractivity contribution in [3.8, 4) is 0 Å². The summed E-state index contributed by atoms with van der Waals surface area (Å²) in [5.41, 5.74) is 0.609. The molecule has 5 nitrogen and oxygen atoms in total. The van der Waals surface area contributed by atoms with Crippen LogP contribution >= 0.6 is 0 Å². The van der Waals surface area contributed by atoms with Crippen molar-refractivity contribution >= 4 is 10.0 Å². The minimum Gasteiger partial charge on any atom is -0.364 e. The molecule has 0 aromatic carbocycles. The van der Waals surface area contributed by atoms with Gasteiger partial charge in [-0.15, -0.1) is 0 Å². The zero-order chi connectivity index (χ0) is 12.3. The van der Waals surface area contributed by atoms with Gasteiger partial charge < -0.3 is 4.52 Å². The summed E-state index contributed by atoms with van der Waals surface area (Å²) >= 11 is 0. The Morgan fingerprint density at radius 2 is 2.35 bits per heavy atom. The van der Waals surface area contributed by atoms with E-state index in [0.717, 1.165) is 6.42 Å². The van der Waals surface area contributed by atoms with E-state index in [-0.39, 0.29) is 11.8 Å². The normalized spacial score (nSPS) is 18.9. The summed E-state index contributed by atoms with van der Waals surface area (Å²) in [5.74, 6) is 0.814. The maximum atomic E-state index is 11.8. The molecule has 1 N–H and O–H groups in total. The highest BCUT2D eigenvalue weighted by atomic mass is 32.2. The summed E-state index contributed by atoms with van der Waals surface area (Å²) in [6, 6.07) is 1.33. The van der Waals surface area contributed by atoms with E-state index in [4.69, 9.17) is 4.52 Å². The van der Waals surface area contributed by atoms with Crippen LogP contribution in [0, 0.1) is 5.92 Å². The molecular weight excluding hydrogens is 240 g/mol. The Hall–Kier alpha value is -0.880. The quantitative estimate of drug-likeness (QED) is 0.845. The summed E-state index contributed by atoms with van der Waals surface area (Å²) in [4.78, 5) is 0. The third-order valence-electron chi connectivity index (χ3n) is 3.28. The molecule has 1 heterocycles. The van der Waals surface area contributed by atoms with Crippen LogP contribution in [0.15, 0.2) is 16.9 Å². The van der Waals surface area contributed by atoms with Gasteiger partial charge in [-0.1, -0.05) is 24.4 Å². The molecule has 1 fully saturated rings. The molecule has 96 valence electrons.